The number of halogens is 1. The number of anilines is 1. The van der Waals surface area contributed by atoms with Gasteiger partial charge >= 0.3 is 6.03 Å². The van der Waals surface area contributed by atoms with Crippen molar-refractivity contribution >= 4 is 27.6 Å². The molecule has 23 heavy (non-hydrogen) atoms. The van der Waals surface area contributed by atoms with Crippen LogP contribution in [0.5, 0.6) is 11.5 Å². The number of urea groups is 1. The van der Waals surface area contributed by atoms with Crippen molar-refractivity contribution in [2.45, 2.75) is 6.54 Å². The summed E-state index contributed by atoms with van der Waals surface area (Å²) in [6.07, 6.45) is 0. The van der Waals surface area contributed by atoms with Crippen molar-refractivity contribution in [3.8, 4) is 11.5 Å². The number of fused-ring (bicyclic) bond motifs is 1. The Balaban J connectivity index is 1.81. The number of carbonyl (C=O) groups is 1. The second-order valence-electron chi connectivity index (χ2n) is 4.88. The fourth-order valence-electron chi connectivity index (χ4n) is 2.33. The summed E-state index contributed by atoms with van der Waals surface area (Å²) >= 11 is 3.47. The van der Waals surface area contributed by atoms with E-state index in [1.807, 2.05) is 18.2 Å². The largest absolute Gasteiger partial charge is 0.493 e. The zero-order valence-corrected chi connectivity index (χ0v) is 14.2. The van der Waals surface area contributed by atoms with Crippen LogP contribution < -0.4 is 25.5 Å². The lowest BCUT2D eigenvalue weighted by atomic mass is 10.2. The molecule has 2 aromatic carbocycles. The van der Waals surface area contributed by atoms with Gasteiger partial charge in [0.15, 0.2) is 11.5 Å². The van der Waals surface area contributed by atoms with Gasteiger partial charge < -0.3 is 14.8 Å². The number of carbonyl (C=O) groups excluding carboxylic acids is 1. The van der Waals surface area contributed by atoms with E-state index in [0.29, 0.717) is 28.8 Å². The highest BCUT2D eigenvalue weighted by Gasteiger charge is 2.11. The molecule has 1 aliphatic rings. The number of nitrogens with one attached hydrogen (secondary N) is 1. The molecule has 2 amide bonds. The zero-order chi connectivity index (χ0) is 16.4. The van der Waals surface area contributed by atoms with Crippen molar-refractivity contribution in [2.75, 3.05) is 19.5 Å². The van der Waals surface area contributed by atoms with Gasteiger partial charge in [-0.2, -0.15) is 9.98 Å². The number of rotatable bonds is 5. The molecule has 0 aliphatic carbocycles. The van der Waals surface area contributed by atoms with E-state index >= 15 is 0 Å². The third-order valence-corrected chi connectivity index (χ3v) is 3.99. The monoisotopic (exact) mass is 375 g/mol. The molecule has 0 fully saturated rings. The maximum Gasteiger partial charge on any atom is 0.368 e. The molecule has 0 aromatic heterocycles. The van der Waals surface area contributed by atoms with E-state index in [1.165, 1.54) is 0 Å². The Morgan fingerprint density at radius 2 is 1.87 bits per heavy atom. The first kappa shape index (κ1) is 15.5. The summed E-state index contributed by atoms with van der Waals surface area (Å²) in [6, 6.07) is 8.86. The van der Waals surface area contributed by atoms with Crippen LogP contribution in [0.15, 0.2) is 44.8 Å². The second kappa shape index (κ2) is 6.37. The number of hydrogen-bond donors (Lipinski definition) is 1. The van der Waals surface area contributed by atoms with Gasteiger partial charge in [-0.25, -0.2) is 4.79 Å². The van der Waals surface area contributed by atoms with Crippen molar-refractivity contribution in [2.24, 2.45) is 9.98 Å². The van der Waals surface area contributed by atoms with Crippen LogP contribution in [0.2, 0.25) is 0 Å². The number of ether oxygens (including phenoxy) is 2. The van der Waals surface area contributed by atoms with Gasteiger partial charge in [0.1, 0.15) is 0 Å². The maximum atomic E-state index is 11.2. The molecule has 118 valence electrons. The number of methoxy groups -OCH3 is 2. The van der Waals surface area contributed by atoms with E-state index in [0.717, 1.165) is 15.7 Å². The van der Waals surface area contributed by atoms with Crippen molar-refractivity contribution in [1.82, 2.24) is 0 Å². The SMILES string of the molecule is COc1cc(CNc2ccc3c(c2)=NC(=O)N=3)cc(Br)c1OC. The Labute approximate surface area is 141 Å². The number of hydrogen-bond acceptors (Lipinski definition) is 4. The predicted octanol–water partition coefficient (Wildman–Crippen LogP) is 2.45. The third kappa shape index (κ3) is 3.19. The summed E-state index contributed by atoms with van der Waals surface area (Å²) in [7, 11) is 3.20. The molecule has 0 unspecified atom stereocenters. The van der Waals surface area contributed by atoms with Gasteiger partial charge in [0.05, 0.1) is 29.4 Å². The standard InChI is InChI=1S/C16H14BrN3O3/c1-22-14-6-9(5-11(17)15(14)23-2)8-18-10-3-4-12-13(7-10)20-16(21)19-12/h3-7,18H,8H2,1-2H3. The molecule has 0 saturated carbocycles. The minimum atomic E-state index is -0.457. The number of benzene rings is 2. The highest BCUT2D eigenvalue weighted by molar-refractivity contribution is 9.10. The summed E-state index contributed by atoms with van der Waals surface area (Å²) in [5.41, 5.74) is 1.89. The highest BCUT2D eigenvalue weighted by atomic mass is 79.9. The van der Waals surface area contributed by atoms with E-state index in [2.05, 4.69) is 31.2 Å². The molecule has 6 nitrogen and oxygen atoms in total. The molecule has 0 radical (unpaired) electrons. The molecule has 2 aromatic rings. The average molecular weight is 376 g/mol. The molecule has 0 saturated heterocycles. The quantitative estimate of drug-likeness (QED) is 0.870. The first-order chi connectivity index (χ1) is 11.1. The van der Waals surface area contributed by atoms with Gasteiger partial charge in [-0.3, -0.25) is 0 Å². The van der Waals surface area contributed by atoms with Crippen LogP contribution in [-0.2, 0) is 6.54 Å². The van der Waals surface area contributed by atoms with E-state index in [9.17, 15) is 4.79 Å². The Bertz CT molecular complexity index is 896. The lowest BCUT2D eigenvalue weighted by Crippen LogP contribution is -2.21. The third-order valence-electron chi connectivity index (χ3n) is 3.40. The summed E-state index contributed by atoms with van der Waals surface area (Å²) in [6.45, 7) is 0.586. The average Bonchev–Trinajstić information content (AvgIpc) is 2.91. The highest BCUT2D eigenvalue weighted by Crippen LogP contribution is 2.36. The molecular weight excluding hydrogens is 362 g/mol. The van der Waals surface area contributed by atoms with Crippen LogP contribution in [0, 0.1) is 0 Å². The fraction of sp³-hybridized carbons (Fsp3) is 0.188. The first-order valence-electron chi connectivity index (χ1n) is 6.86. The first-order valence-corrected chi connectivity index (χ1v) is 7.66. The molecule has 1 N–H and O–H groups in total. The maximum absolute atomic E-state index is 11.2. The van der Waals surface area contributed by atoms with Crippen LogP contribution in [0.1, 0.15) is 5.56 Å². The molecule has 0 spiro atoms. The van der Waals surface area contributed by atoms with E-state index in [1.54, 1.807) is 26.4 Å². The Morgan fingerprint density at radius 1 is 1.09 bits per heavy atom. The minimum Gasteiger partial charge on any atom is -0.493 e. The summed E-state index contributed by atoms with van der Waals surface area (Å²) in [5, 5.41) is 4.49. The van der Waals surface area contributed by atoms with Crippen molar-refractivity contribution in [3.05, 3.63) is 51.1 Å². The van der Waals surface area contributed by atoms with Gasteiger partial charge in [0.2, 0.25) is 0 Å². The van der Waals surface area contributed by atoms with Crippen molar-refractivity contribution in [3.63, 3.8) is 0 Å². The topological polar surface area (TPSA) is 72.3 Å². The van der Waals surface area contributed by atoms with E-state index in [4.69, 9.17) is 9.47 Å². The van der Waals surface area contributed by atoms with Crippen LogP contribution in [0.25, 0.3) is 0 Å². The van der Waals surface area contributed by atoms with Gasteiger partial charge in [-0.15, -0.1) is 0 Å². The summed E-state index contributed by atoms with van der Waals surface area (Å²) in [5.74, 6) is 1.32. The summed E-state index contributed by atoms with van der Waals surface area (Å²) < 4.78 is 11.5. The molecule has 0 atom stereocenters. The van der Waals surface area contributed by atoms with E-state index in [-0.39, 0.29) is 0 Å². The second-order valence-corrected chi connectivity index (χ2v) is 5.73. The van der Waals surface area contributed by atoms with Gasteiger partial charge in [-0.05, 0) is 51.8 Å². The Hall–Kier alpha value is -2.41. The molecule has 3 rings (SSSR count). The number of amides is 2. The number of nitrogens with zero attached hydrogens (tertiary/aromatic N) is 2. The Kier molecular flexibility index (Phi) is 4.29. The van der Waals surface area contributed by atoms with Gasteiger partial charge in [0.25, 0.3) is 0 Å². The van der Waals surface area contributed by atoms with Crippen LogP contribution in [0.3, 0.4) is 0 Å². The lowest BCUT2D eigenvalue weighted by Gasteiger charge is -2.13. The molecule has 1 aliphatic heterocycles. The zero-order valence-electron chi connectivity index (χ0n) is 12.6. The van der Waals surface area contributed by atoms with Crippen LogP contribution in [-0.4, -0.2) is 20.3 Å². The fourth-order valence-corrected chi connectivity index (χ4v) is 2.98. The van der Waals surface area contributed by atoms with Crippen molar-refractivity contribution < 1.29 is 14.3 Å². The predicted molar refractivity (Wildman–Crippen MR) is 88.7 cm³/mol. The lowest BCUT2D eigenvalue weighted by molar-refractivity contribution is 0.256. The van der Waals surface area contributed by atoms with E-state index < -0.39 is 6.03 Å². The molecular formula is C16H14BrN3O3. The molecule has 1 heterocycles. The van der Waals surface area contributed by atoms with Gasteiger partial charge in [0, 0.05) is 12.2 Å². The van der Waals surface area contributed by atoms with Crippen LogP contribution >= 0.6 is 15.9 Å². The van der Waals surface area contributed by atoms with Crippen LogP contribution in [0.4, 0.5) is 10.5 Å². The normalized spacial score (nSPS) is 12.2. The van der Waals surface area contributed by atoms with Gasteiger partial charge in [-0.1, -0.05) is 0 Å². The minimum absolute atomic E-state index is 0.457. The van der Waals surface area contributed by atoms with Crippen molar-refractivity contribution in [1.29, 1.82) is 0 Å². The molecule has 0 bridgehead atoms. The summed E-state index contributed by atoms with van der Waals surface area (Å²) in [4.78, 5) is 18.8. The Morgan fingerprint density at radius 3 is 2.61 bits per heavy atom. The molecule has 7 heteroatoms. The smallest absolute Gasteiger partial charge is 0.368 e.